The van der Waals surface area contributed by atoms with E-state index in [1.54, 1.807) is 7.11 Å². The van der Waals surface area contributed by atoms with Crippen molar-refractivity contribution in [1.82, 2.24) is 4.90 Å². The third-order valence-electron chi connectivity index (χ3n) is 6.97. The van der Waals surface area contributed by atoms with E-state index < -0.39 is 0 Å². The number of ether oxygens (including phenoxy) is 2. The van der Waals surface area contributed by atoms with E-state index in [-0.39, 0.29) is 17.6 Å². The average Bonchev–Trinajstić information content (AvgIpc) is 2.94. The zero-order valence-corrected chi connectivity index (χ0v) is 14.2. The molecule has 24 heavy (non-hydrogen) atoms. The molecule has 2 aliphatic carbocycles. The van der Waals surface area contributed by atoms with Gasteiger partial charge in [-0.05, 0) is 49.8 Å². The molecule has 1 saturated heterocycles. The maximum absolute atomic E-state index is 10.7. The predicted octanol–water partition coefficient (Wildman–Crippen LogP) is 2.28. The van der Waals surface area contributed by atoms with Crippen LogP contribution in [0.15, 0.2) is 24.8 Å². The van der Waals surface area contributed by atoms with Crippen molar-refractivity contribution in [3.63, 3.8) is 0 Å². The Hall–Kier alpha value is -1.52. The van der Waals surface area contributed by atoms with Gasteiger partial charge in [-0.2, -0.15) is 0 Å². The standard InChI is InChI=1S/C20H25NO3/c1-3-9-21-10-8-20-13-5-6-15(22)19(20)24-18-16(23-2)7-4-12(17(18)20)11-14(13)21/h3-4,7,13-15,19,22H,1,5-6,8-11H2,2H3. The molecule has 1 N–H and O–H groups in total. The van der Waals surface area contributed by atoms with Crippen molar-refractivity contribution in [2.75, 3.05) is 20.2 Å². The van der Waals surface area contributed by atoms with Crippen LogP contribution in [-0.2, 0) is 11.8 Å². The Morgan fingerprint density at radius 2 is 2.33 bits per heavy atom. The Morgan fingerprint density at radius 1 is 1.46 bits per heavy atom. The van der Waals surface area contributed by atoms with Crippen LogP contribution in [0.1, 0.15) is 30.4 Å². The fourth-order valence-corrected chi connectivity index (χ4v) is 6.14. The number of nitrogens with zero attached hydrogens (tertiary/aromatic N) is 1. The molecule has 2 bridgehead atoms. The molecule has 1 saturated carbocycles. The normalized spacial score (nSPS) is 39.1. The molecule has 5 rings (SSSR count). The van der Waals surface area contributed by atoms with Gasteiger partial charge in [-0.3, -0.25) is 4.90 Å². The molecule has 2 fully saturated rings. The maximum atomic E-state index is 10.7. The molecular weight excluding hydrogens is 302 g/mol. The van der Waals surface area contributed by atoms with Crippen LogP contribution < -0.4 is 9.47 Å². The van der Waals surface area contributed by atoms with Crippen LogP contribution in [0.3, 0.4) is 0 Å². The van der Waals surface area contributed by atoms with Gasteiger partial charge in [-0.15, -0.1) is 6.58 Å². The summed E-state index contributed by atoms with van der Waals surface area (Å²) in [7, 11) is 1.70. The summed E-state index contributed by atoms with van der Waals surface area (Å²) in [5.74, 6) is 2.28. The SMILES string of the molecule is C=CCN1CCC23c4c5ccc(OC)c4OC2C(O)CCC3C1C5. The second-order valence-corrected chi connectivity index (χ2v) is 7.77. The number of piperidine rings is 1. The lowest BCUT2D eigenvalue weighted by atomic mass is 9.51. The first-order chi connectivity index (χ1) is 11.7. The number of aliphatic hydroxyl groups is 1. The smallest absolute Gasteiger partial charge is 0.165 e. The van der Waals surface area contributed by atoms with E-state index in [0.29, 0.717) is 12.0 Å². The fourth-order valence-electron chi connectivity index (χ4n) is 6.14. The van der Waals surface area contributed by atoms with E-state index in [0.717, 1.165) is 50.3 Å². The Kier molecular flexibility index (Phi) is 3.08. The Morgan fingerprint density at radius 3 is 3.12 bits per heavy atom. The summed E-state index contributed by atoms with van der Waals surface area (Å²) in [6, 6.07) is 4.78. The van der Waals surface area contributed by atoms with Crippen molar-refractivity contribution < 1.29 is 14.6 Å². The number of aliphatic hydroxyl groups excluding tert-OH is 1. The molecule has 0 aromatic heterocycles. The van der Waals surface area contributed by atoms with Crippen molar-refractivity contribution in [2.24, 2.45) is 5.92 Å². The van der Waals surface area contributed by atoms with E-state index in [1.165, 1.54) is 11.1 Å². The molecule has 2 aliphatic heterocycles. The van der Waals surface area contributed by atoms with E-state index >= 15 is 0 Å². The average molecular weight is 327 g/mol. The molecule has 1 aromatic carbocycles. The summed E-state index contributed by atoms with van der Waals surface area (Å²) in [6.07, 6.45) is 5.56. The van der Waals surface area contributed by atoms with Crippen molar-refractivity contribution in [3.8, 4) is 11.5 Å². The van der Waals surface area contributed by atoms with Gasteiger partial charge in [0, 0.05) is 23.6 Å². The van der Waals surface area contributed by atoms with Crippen molar-refractivity contribution >= 4 is 0 Å². The number of benzene rings is 1. The van der Waals surface area contributed by atoms with Crippen LogP contribution in [0, 0.1) is 5.92 Å². The molecule has 4 nitrogen and oxygen atoms in total. The van der Waals surface area contributed by atoms with E-state index in [1.807, 2.05) is 12.1 Å². The molecule has 0 amide bonds. The van der Waals surface area contributed by atoms with Gasteiger partial charge in [0.1, 0.15) is 6.10 Å². The summed E-state index contributed by atoms with van der Waals surface area (Å²) >= 11 is 0. The Labute approximate surface area is 143 Å². The predicted molar refractivity (Wildman–Crippen MR) is 91.7 cm³/mol. The summed E-state index contributed by atoms with van der Waals surface area (Å²) < 4.78 is 12.0. The minimum atomic E-state index is -0.379. The minimum Gasteiger partial charge on any atom is -0.493 e. The minimum absolute atomic E-state index is 0.0303. The summed E-state index contributed by atoms with van der Waals surface area (Å²) in [5.41, 5.74) is 2.71. The first kappa shape index (κ1) is 14.8. The number of hydrogen-bond donors (Lipinski definition) is 1. The summed E-state index contributed by atoms with van der Waals surface area (Å²) in [4.78, 5) is 2.59. The van der Waals surface area contributed by atoms with Gasteiger partial charge in [-0.25, -0.2) is 0 Å². The van der Waals surface area contributed by atoms with Gasteiger partial charge >= 0.3 is 0 Å². The van der Waals surface area contributed by atoms with Crippen LogP contribution in [0.25, 0.3) is 0 Å². The van der Waals surface area contributed by atoms with Crippen LogP contribution in [-0.4, -0.2) is 48.5 Å². The van der Waals surface area contributed by atoms with E-state index in [4.69, 9.17) is 9.47 Å². The lowest BCUT2D eigenvalue weighted by Gasteiger charge is -2.59. The zero-order valence-electron chi connectivity index (χ0n) is 14.2. The van der Waals surface area contributed by atoms with Gasteiger partial charge in [0.2, 0.25) is 0 Å². The summed E-state index contributed by atoms with van der Waals surface area (Å²) in [6.45, 7) is 5.94. The first-order valence-corrected chi connectivity index (χ1v) is 9.10. The van der Waals surface area contributed by atoms with Crippen molar-refractivity contribution in [1.29, 1.82) is 0 Å². The molecule has 4 aliphatic rings. The quantitative estimate of drug-likeness (QED) is 0.865. The van der Waals surface area contributed by atoms with Gasteiger partial charge < -0.3 is 14.6 Å². The lowest BCUT2D eigenvalue weighted by molar-refractivity contribution is -0.102. The molecule has 5 atom stereocenters. The largest absolute Gasteiger partial charge is 0.493 e. The van der Waals surface area contributed by atoms with Crippen molar-refractivity contribution in [3.05, 3.63) is 35.9 Å². The second-order valence-electron chi connectivity index (χ2n) is 7.77. The van der Waals surface area contributed by atoms with Gasteiger partial charge in [-0.1, -0.05) is 12.1 Å². The van der Waals surface area contributed by atoms with Crippen LogP contribution >= 0.6 is 0 Å². The third kappa shape index (κ3) is 1.61. The monoisotopic (exact) mass is 327 g/mol. The molecular formula is C20H25NO3. The van der Waals surface area contributed by atoms with Gasteiger partial charge in [0.25, 0.3) is 0 Å². The van der Waals surface area contributed by atoms with Gasteiger partial charge in [0.15, 0.2) is 11.5 Å². The van der Waals surface area contributed by atoms with Crippen LogP contribution in [0.5, 0.6) is 11.5 Å². The number of methoxy groups -OCH3 is 1. The first-order valence-electron chi connectivity index (χ1n) is 9.10. The topological polar surface area (TPSA) is 41.9 Å². The Balaban J connectivity index is 1.72. The maximum Gasteiger partial charge on any atom is 0.165 e. The fraction of sp³-hybridized carbons (Fsp3) is 0.600. The molecule has 4 heteroatoms. The molecule has 0 radical (unpaired) electrons. The lowest BCUT2D eigenvalue weighted by Crippen LogP contribution is -2.66. The number of likely N-dealkylation sites (tertiary alicyclic amines) is 1. The molecule has 5 unspecified atom stereocenters. The van der Waals surface area contributed by atoms with E-state index in [2.05, 4.69) is 17.5 Å². The molecule has 1 spiro atoms. The highest BCUT2D eigenvalue weighted by molar-refractivity contribution is 5.61. The van der Waals surface area contributed by atoms with Gasteiger partial charge in [0.05, 0.1) is 13.2 Å². The highest BCUT2D eigenvalue weighted by Gasteiger charge is 2.65. The Bertz CT molecular complexity index is 702. The molecule has 2 heterocycles. The third-order valence-corrected chi connectivity index (χ3v) is 6.97. The highest BCUT2D eigenvalue weighted by atomic mass is 16.5. The number of hydrogen-bond acceptors (Lipinski definition) is 4. The molecule has 128 valence electrons. The number of rotatable bonds is 3. The summed E-state index contributed by atoms with van der Waals surface area (Å²) in [5, 5.41) is 10.7. The van der Waals surface area contributed by atoms with Crippen LogP contribution in [0.2, 0.25) is 0 Å². The van der Waals surface area contributed by atoms with Crippen LogP contribution in [0.4, 0.5) is 0 Å². The second kappa shape index (κ2) is 4.99. The van der Waals surface area contributed by atoms with E-state index in [9.17, 15) is 5.11 Å². The molecule has 1 aromatic rings. The van der Waals surface area contributed by atoms with Crippen molar-refractivity contribution in [2.45, 2.75) is 49.3 Å². The highest BCUT2D eigenvalue weighted by Crippen LogP contribution is 2.63. The zero-order chi connectivity index (χ0) is 16.5.